The molecule has 0 aliphatic rings. The van der Waals surface area contributed by atoms with Crippen LogP contribution in [0.1, 0.15) is 16.1 Å². The zero-order chi connectivity index (χ0) is 13.7. The van der Waals surface area contributed by atoms with Crippen LogP contribution < -0.4 is 11.1 Å². The van der Waals surface area contributed by atoms with Gasteiger partial charge in [-0.1, -0.05) is 6.07 Å². The summed E-state index contributed by atoms with van der Waals surface area (Å²) in [5.74, 6) is 0.486. The molecule has 0 bridgehead atoms. The van der Waals surface area contributed by atoms with Crippen molar-refractivity contribution in [3.8, 4) is 0 Å². The number of hydrogen-bond acceptors (Lipinski definition) is 3. The van der Waals surface area contributed by atoms with Crippen molar-refractivity contribution in [2.45, 2.75) is 19.9 Å². The lowest BCUT2D eigenvalue weighted by atomic mass is 10.3. The van der Waals surface area contributed by atoms with E-state index in [-0.39, 0.29) is 0 Å². The minimum atomic E-state index is 0.486. The van der Waals surface area contributed by atoms with Crippen molar-refractivity contribution in [1.82, 2.24) is 15.1 Å². The van der Waals surface area contributed by atoms with Crippen LogP contribution in [0, 0.1) is 6.92 Å². The van der Waals surface area contributed by atoms with Crippen molar-refractivity contribution in [2.75, 3.05) is 6.54 Å². The SMILES string of the molecule is Cc1c(CN=C(N)NCCc2cccs2)cnn1C. The molecule has 19 heavy (non-hydrogen) atoms. The molecule has 6 heteroatoms. The van der Waals surface area contributed by atoms with E-state index in [1.54, 1.807) is 11.3 Å². The highest BCUT2D eigenvalue weighted by atomic mass is 32.1. The third-order valence-corrected chi connectivity index (χ3v) is 3.95. The van der Waals surface area contributed by atoms with E-state index in [0.717, 1.165) is 24.2 Å². The average molecular weight is 277 g/mol. The number of nitrogens with zero attached hydrogens (tertiary/aromatic N) is 3. The minimum absolute atomic E-state index is 0.486. The molecule has 3 N–H and O–H groups in total. The first-order valence-corrected chi connectivity index (χ1v) is 7.08. The Labute approximate surface area is 117 Å². The van der Waals surface area contributed by atoms with Gasteiger partial charge in [0.05, 0.1) is 12.7 Å². The molecular formula is C13H19N5S. The fourth-order valence-corrected chi connectivity index (χ4v) is 2.40. The van der Waals surface area contributed by atoms with E-state index < -0.39 is 0 Å². The van der Waals surface area contributed by atoms with Gasteiger partial charge in [0.1, 0.15) is 0 Å². The molecule has 0 saturated carbocycles. The molecule has 5 nitrogen and oxygen atoms in total. The highest BCUT2D eigenvalue weighted by Crippen LogP contribution is 2.08. The van der Waals surface area contributed by atoms with Gasteiger partial charge in [-0.25, -0.2) is 4.99 Å². The van der Waals surface area contributed by atoms with E-state index in [1.165, 1.54) is 4.88 Å². The molecule has 0 amide bonds. The smallest absolute Gasteiger partial charge is 0.188 e. The van der Waals surface area contributed by atoms with E-state index in [0.29, 0.717) is 12.5 Å². The molecule has 2 heterocycles. The summed E-state index contributed by atoms with van der Waals surface area (Å²) in [5, 5.41) is 9.38. The quantitative estimate of drug-likeness (QED) is 0.642. The second-order valence-corrected chi connectivity index (χ2v) is 5.37. The lowest BCUT2D eigenvalue weighted by molar-refractivity contribution is 0.737. The molecule has 102 valence electrons. The standard InChI is InChI=1S/C13H19N5S/c1-10-11(9-17-18(10)2)8-16-13(14)15-6-5-12-4-3-7-19-12/h3-4,7,9H,5-6,8H2,1-2H3,(H3,14,15,16). The first-order chi connectivity index (χ1) is 9.16. The molecule has 0 atom stereocenters. The number of thiophene rings is 1. The second kappa shape index (κ2) is 6.38. The largest absolute Gasteiger partial charge is 0.370 e. The molecule has 0 radical (unpaired) electrons. The predicted octanol–water partition coefficient (Wildman–Crippen LogP) is 1.44. The van der Waals surface area contributed by atoms with Crippen molar-refractivity contribution in [3.05, 3.63) is 39.8 Å². The molecule has 0 unspecified atom stereocenters. The number of nitrogens with two attached hydrogens (primary N) is 1. The number of guanidine groups is 1. The number of aliphatic imine (C=N–C) groups is 1. The van der Waals surface area contributed by atoms with Crippen LogP contribution in [0.5, 0.6) is 0 Å². The molecule has 0 aliphatic heterocycles. The lowest BCUT2D eigenvalue weighted by Gasteiger charge is -2.04. The summed E-state index contributed by atoms with van der Waals surface area (Å²) >= 11 is 1.76. The minimum Gasteiger partial charge on any atom is -0.370 e. The van der Waals surface area contributed by atoms with E-state index >= 15 is 0 Å². The molecule has 0 fully saturated rings. The maximum Gasteiger partial charge on any atom is 0.188 e. The van der Waals surface area contributed by atoms with Crippen LogP contribution in [0.15, 0.2) is 28.7 Å². The maximum atomic E-state index is 5.83. The van der Waals surface area contributed by atoms with Gasteiger partial charge in [-0.05, 0) is 24.8 Å². The van der Waals surface area contributed by atoms with Gasteiger partial charge >= 0.3 is 0 Å². The highest BCUT2D eigenvalue weighted by Gasteiger charge is 2.02. The Morgan fingerprint density at radius 3 is 3.05 bits per heavy atom. The van der Waals surface area contributed by atoms with Crippen LogP contribution in [0.25, 0.3) is 0 Å². The van der Waals surface area contributed by atoms with E-state index in [2.05, 4.69) is 32.9 Å². The Balaban J connectivity index is 1.78. The zero-order valence-electron chi connectivity index (χ0n) is 11.3. The third-order valence-electron chi connectivity index (χ3n) is 3.01. The Bertz CT molecular complexity index is 541. The molecule has 0 aromatic carbocycles. The van der Waals surface area contributed by atoms with Crippen molar-refractivity contribution in [2.24, 2.45) is 17.8 Å². The van der Waals surface area contributed by atoms with Gasteiger partial charge in [0.25, 0.3) is 0 Å². The van der Waals surface area contributed by atoms with Crippen LogP contribution in [0.4, 0.5) is 0 Å². The fraction of sp³-hybridized carbons (Fsp3) is 0.385. The summed E-state index contributed by atoms with van der Waals surface area (Å²) in [6.45, 7) is 3.40. The van der Waals surface area contributed by atoms with Crippen LogP contribution in [0.2, 0.25) is 0 Å². The number of nitrogens with one attached hydrogen (secondary N) is 1. The van der Waals surface area contributed by atoms with E-state index in [4.69, 9.17) is 5.73 Å². The second-order valence-electron chi connectivity index (χ2n) is 4.34. The van der Waals surface area contributed by atoms with Crippen molar-refractivity contribution in [1.29, 1.82) is 0 Å². The Hall–Kier alpha value is -1.82. The van der Waals surface area contributed by atoms with Gasteiger partial charge in [0.2, 0.25) is 0 Å². The third kappa shape index (κ3) is 3.82. The average Bonchev–Trinajstić information content (AvgIpc) is 3.00. The van der Waals surface area contributed by atoms with Crippen LogP contribution in [0.3, 0.4) is 0 Å². The molecule has 0 spiro atoms. The van der Waals surface area contributed by atoms with Gasteiger partial charge in [0.15, 0.2) is 5.96 Å². The molecule has 2 aromatic heterocycles. The topological polar surface area (TPSA) is 68.2 Å². The van der Waals surface area contributed by atoms with Crippen LogP contribution in [-0.2, 0) is 20.0 Å². The number of hydrogen-bond donors (Lipinski definition) is 2. The van der Waals surface area contributed by atoms with Gasteiger partial charge in [-0.3, -0.25) is 4.68 Å². The zero-order valence-corrected chi connectivity index (χ0v) is 12.1. The van der Waals surface area contributed by atoms with Gasteiger partial charge in [-0.15, -0.1) is 11.3 Å². The first-order valence-electron chi connectivity index (χ1n) is 6.20. The number of rotatable bonds is 5. The summed E-state index contributed by atoms with van der Waals surface area (Å²) in [5.41, 5.74) is 8.06. The monoisotopic (exact) mass is 277 g/mol. The number of aryl methyl sites for hydroxylation is 1. The Kier molecular flexibility index (Phi) is 4.57. The van der Waals surface area contributed by atoms with Gasteiger partial charge < -0.3 is 11.1 Å². The Morgan fingerprint density at radius 2 is 2.42 bits per heavy atom. The molecular weight excluding hydrogens is 258 g/mol. The summed E-state index contributed by atoms with van der Waals surface area (Å²) in [6.07, 6.45) is 2.80. The highest BCUT2D eigenvalue weighted by molar-refractivity contribution is 7.09. The normalized spacial score (nSPS) is 11.8. The maximum absolute atomic E-state index is 5.83. The van der Waals surface area contributed by atoms with Crippen LogP contribution >= 0.6 is 11.3 Å². The summed E-state index contributed by atoms with van der Waals surface area (Å²) < 4.78 is 1.84. The van der Waals surface area contributed by atoms with Crippen molar-refractivity contribution < 1.29 is 0 Å². The molecule has 0 saturated heterocycles. The van der Waals surface area contributed by atoms with E-state index in [1.807, 2.05) is 24.9 Å². The van der Waals surface area contributed by atoms with Crippen molar-refractivity contribution in [3.63, 3.8) is 0 Å². The van der Waals surface area contributed by atoms with Gasteiger partial charge in [-0.2, -0.15) is 5.10 Å². The fourth-order valence-electron chi connectivity index (χ4n) is 1.69. The summed E-state index contributed by atoms with van der Waals surface area (Å²) in [6, 6.07) is 4.18. The van der Waals surface area contributed by atoms with Gasteiger partial charge in [0, 0.05) is 29.7 Å². The van der Waals surface area contributed by atoms with Crippen molar-refractivity contribution >= 4 is 17.3 Å². The summed E-state index contributed by atoms with van der Waals surface area (Å²) in [4.78, 5) is 5.67. The molecule has 2 aromatic rings. The number of aromatic nitrogens is 2. The van der Waals surface area contributed by atoms with E-state index in [9.17, 15) is 0 Å². The lowest BCUT2D eigenvalue weighted by Crippen LogP contribution is -2.33. The predicted molar refractivity (Wildman–Crippen MR) is 79.3 cm³/mol. The molecule has 0 aliphatic carbocycles. The summed E-state index contributed by atoms with van der Waals surface area (Å²) in [7, 11) is 1.92. The molecule has 2 rings (SSSR count). The Morgan fingerprint density at radius 1 is 1.58 bits per heavy atom. The van der Waals surface area contributed by atoms with Crippen LogP contribution in [-0.4, -0.2) is 22.3 Å². The first kappa shape index (κ1) is 13.6.